The molecular weight excluding hydrogens is 254 g/mol. The molecule has 0 spiro atoms. The van der Waals surface area contributed by atoms with Crippen molar-refractivity contribution < 1.29 is 9.53 Å². The number of carbonyl (C=O) groups is 1. The van der Waals surface area contributed by atoms with E-state index in [2.05, 4.69) is 29.5 Å². The van der Waals surface area contributed by atoms with E-state index in [4.69, 9.17) is 4.74 Å². The average molecular weight is 279 g/mol. The SMILES string of the molecule is CNc1cc(C(=O)NCC(C)(C)CCOC)cc(C)n1. The molecule has 0 saturated heterocycles. The van der Waals surface area contributed by atoms with E-state index in [1.165, 1.54) is 0 Å². The number of pyridine rings is 1. The number of aromatic nitrogens is 1. The summed E-state index contributed by atoms with van der Waals surface area (Å²) in [5, 5.41) is 5.93. The summed E-state index contributed by atoms with van der Waals surface area (Å²) in [6, 6.07) is 3.54. The van der Waals surface area contributed by atoms with E-state index in [0.29, 0.717) is 24.5 Å². The summed E-state index contributed by atoms with van der Waals surface area (Å²) in [6.45, 7) is 7.42. The number of nitrogens with one attached hydrogen (secondary N) is 2. The molecule has 1 aromatic heterocycles. The van der Waals surface area contributed by atoms with Crippen molar-refractivity contribution >= 4 is 11.7 Å². The molecule has 0 saturated carbocycles. The van der Waals surface area contributed by atoms with Gasteiger partial charge in [-0.1, -0.05) is 13.8 Å². The van der Waals surface area contributed by atoms with Crippen molar-refractivity contribution in [2.75, 3.05) is 32.6 Å². The molecule has 5 nitrogen and oxygen atoms in total. The number of hydrogen-bond donors (Lipinski definition) is 2. The number of carbonyl (C=O) groups excluding carboxylic acids is 1. The smallest absolute Gasteiger partial charge is 0.251 e. The summed E-state index contributed by atoms with van der Waals surface area (Å²) >= 11 is 0. The molecule has 0 aromatic carbocycles. The van der Waals surface area contributed by atoms with Crippen molar-refractivity contribution in [1.82, 2.24) is 10.3 Å². The third-order valence-corrected chi connectivity index (χ3v) is 3.18. The molecule has 1 aromatic rings. The van der Waals surface area contributed by atoms with E-state index in [0.717, 1.165) is 12.1 Å². The van der Waals surface area contributed by atoms with Gasteiger partial charge in [-0.3, -0.25) is 4.79 Å². The van der Waals surface area contributed by atoms with E-state index < -0.39 is 0 Å². The van der Waals surface area contributed by atoms with Crippen LogP contribution in [0.2, 0.25) is 0 Å². The molecule has 2 N–H and O–H groups in total. The van der Waals surface area contributed by atoms with Crippen LogP contribution in [0.5, 0.6) is 0 Å². The third kappa shape index (κ3) is 5.17. The van der Waals surface area contributed by atoms with Crippen LogP contribution in [0, 0.1) is 12.3 Å². The summed E-state index contributed by atoms with van der Waals surface area (Å²) < 4.78 is 5.09. The van der Waals surface area contributed by atoms with Gasteiger partial charge in [0.2, 0.25) is 0 Å². The van der Waals surface area contributed by atoms with Gasteiger partial charge in [0, 0.05) is 38.6 Å². The maximum Gasteiger partial charge on any atom is 0.251 e. The van der Waals surface area contributed by atoms with Gasteiger partial charge in [0.15, 0.2) is 0 Å². The number of rotatable bonds is 7. The molecule has 0 aliphatic carbocycles. The minimum atomic E-state index is -0.0718. The molecule has 5 heteroatoms. The Morgan fingerprint density at radius 3 is 2.70 bits per heavy atom. The molecule has 0 aliphatic heterocycles. The van der Waals surface area contributed by atoms with Crippen molar-refractivity contribution in [3.63, 3.8) is 0 Å². The molecule has 0 aliphatic rings. The van der Waals surface area contributed by atoms with Gasteiger partial charge in [-0.2, -0.15) is 0 Å². The molecule has 1 rings (SSSR count). The summed E-state index contributed by atoms with van der Waals surface area (Å²) in [7, 11) is 3.48. The maximum absolute atomic E-state index is 12.2. The fourth-order valence-electron chi connectivity index (χ4n) is 1.82. The second-order valence-electron chi connectivity index (χ2n) is 5.72. The van der Waals surface area contributed by atoms with Crippen molar-refractivity contribution in [1.29, 1.82) is 0 Å². The predicted octanol–water partition coefficient (Wildman–Crippen LogP) is 2.22. The summed E-state index contributed by atoms with van der Waals surface area (Å²) in [5.41, 5.74) is 1.46. The molecule has 112 valence electrons. The van der Waals surface area contributed by atoms with Crippen LogP contribution in [0.4, 0.5) is 5.82 Å². The first kappa shape index (κ1) is 16.4. The lowest BCUT2D eigenvalue weighted by Gasteiger charge is -2.24. The number of ether oxygens (including phenoxy) is 1. The predicted molar refractivity (Wildman–Crippen MR) is 81.1 cm³/mol. The number of methoxy groups -OCH3 is 1. The highest BCUT2D eigenvalue weighted by atomic mass is 16.5. The van der Waals surface area contributed by atoms with Gasteiger partial charge in [0.25, 0.3) is 5.91 Å². The Balaban J connectivity index is 2.65. The first-order valence-corrected chi connectivity index (χ1v) is 6.81. The van der Waals surface area contributed by atoms with E-state index in [1.807, 2.05) is 6.92 Å². The van der Waals surface area contributed by atoms with Crippen LogP contribution in [-0.2, 0) is 4.74 Å². The Morgan fingerprint density at radius 1 is 1.40 bits per heavy atom. The second kappa shape index (κ2) is 7.24. The van der Waals surface area contributed by atoms with Gasteiger partial charge in [-0.25, -0.2) is 4.98 Å². The third-order valence-electron chi connectivity index (χ3n) is 3.18. The maximum atomic E-state index is 12.2. The van der Waals surface area contributed by atoms with Crippen molar-refractivity contribution in [2.45, 2.75) is 27.2 Å². The van der Waals surface area contributed by atoms with Crippen LogP contribution < -0.4 is 10.6 Å². The van der Waals surface area contributed by atoms with Gasteiger partial charge in [0.1, 0.15) is 5.82 Å². The topological polar surface area (TPSA) is 63.2 Å². The van der Waals surface area contributed by atoms with Crippen LogP contribution in [0.25, 0.3) is 0 Å². The highest BCUT2D eigenvalue weighted by molar-refractivity contribution is 5.95. The lowest BCUT2D eigenvalue weighted by Crippen LogP contribution is -2.34. The normalized spacial score (nSPS) is 11.2. The molecule has 0 unspecified atom stereocenters. The Kier molecular flexibility index (Phi) is 5.95. The summed E-state index contributed by atoms with van der Waals surface area (Å²) in [5.74, 6) is 0.631. The van der Waals surface area contributed by atoms with Gasteiger partial charge in [0.05, 0.1) is 0 Å². The highest BCUT2D eigenvalue weighted by Crippen LogP contribution is 2.19. The van der Waals surface area contributed by atoms with E-state index >= 15 is 0 Å². The zero-order chi connectivity index (χ0) is 15.2. The molecule has 1 heterocycles. The monoisotopic (exact) mass is 279 g/mol. The fraction of sp³-hybridized carbons (Fsp3) is 0.600. The molecule has 1 amide bonds. The largest absolute Gasteiger partial charge is 0.385 e. The van der Waals surface area contributed by atoms with Gasteiger partial charge < -0.3 is 15.4 Å². The Bertz CT molecular complexity index is 458. The molecule has 20 heavy (non-hydrogen) atoms. The zero-order valence-corrected chi connectivity index (χ0v) is 13.0. The fourth-order valence-corrected chi connectivity index (χ4v) is 1.82. The standard InChI is InChI=1S/C15H25N3O2/c1-11-8-12(9-13(16-4)18-11)14(19)17-10-15(2,3)6-7-20-5/h8-9H,6-7,10H2,1-5H3,(H,16,18)(H,17,19). The summed E-state index contributed by atoms with van der Waals surface area (Å²) in [6.07, 6.45) is 0.904. The number of anilines is 1. The highest BCUT2D eigenvalue weighted by Gasteiger charge is 2.19. The van der Waals surface area contributed by atoms with Crippen molar-refractivity contribution in [3.05, 3.63) is 23.4 Å². The van der Waals surface area contributed by atoms with E-state index in [9.17, 15) is 4.79 Å². The van der Waals surface area contributed by atoms with Crippen LogP contribution in [0.15, 0.2) is 12.1 Å². The zero-order valence-electron chi connectivity index (χ0n) is 13.0. The number of amides is 1. The number of aryl methyl sites for hydroxylation is 1. The minimum Gasteiger partial charge on any atom is -0.385 e. The first-order valence-electron chi connectivity index (χ1n) is 6.81. The van der Waals surface area contributed by atoms with Gasteiger partial charge in [-0.05, 0) is 30.9 Å². The van der Waals surface area contributed by atoms with Crippen molar-refractivity contribution in [3.8, 4) is 0 Å². The van der Waals surface area contributed by atoms with Gasteiger partial charge in [-0.15, -0.1) is 0 Å². The van der Waals surface area contributed by atoms with Crippen molar-refractivity contribution in [2.24, 2.45) is 5.41 Å². The summed E-state index contributed by atoms with van der Waals surface area (Å²) in [4.78, 5) is 16.5. The van der Waals surface area contributed by atoms with Crippen LogP contribution in [0.3, 0.4) is 0 Å². The molecule has 0 fully saturated rings. The molecule has 0 atom stereocenters. The lowest BCUT2D eigenvalue weighted by molar-refractivity contribution is 0.0921. The number of nitrogens with zero attached hydrogens (tertiary/aromatic N) is 1. The Labute approximate surface area is 121 Å². The lowest BCUT2D eigenvalue weighted by atomic mass is 9.89. The van der Waals surface area contributed by atoms with E-state index in [1.54, 1.807) is 26.3 Å². The number of hydrogen-bond acceptors (Lipinski definition) is 4. The quantitative estimate of drug-likeness (QED) is 0.803. The van der Waals surface area contributed by atoms with Crippen LogP contribution in [-0.4, -0.2) is 38.2 Å². The Hall–Kier alpha value is -1.62. The van der Waals surface area contributed by atoms with Crippen LogP contribution in [0.1, 0.15) is 36.3 Å². The van der Waals surface area contributed by atoms with Crippen LogP contribution >= 0.6 is 0 Å². The molecule has 0 bridgehead atoms. The minimum absolute atomic E-state index is 0.0135. The second-order valence-corrected chi connectivity index (χ2v) is 5.72. The molecular formula is C15H25N3O2. The van der Waals surface area contributed by atoms with Gasteiger partial charge >= 0.3 is 0 Å². The Morgan fingerprint density at radius 2 is 2.10 bits per heavy atom. The molecule has 0 radical (unpaired) electrons. The average Bonchev–Trinajstić information content (AvgIpc) is 2.42. The first-order chi connectivity index (χ1) is 9.38. The van der Waals surface area contributed by atoms with E-state index in [-0.39, 0.29) is 11.3 Å².